The van der Waals surface area contributed by atoms with E-state index in [1.807, 2.05) is 4.90 Å². The molecule has 2 fully saturated rings. The summed E-state index contributed by atoms with van der Waals surface area (Å²) in [7, 11) is 0. The van der Waals surface area contributed by atoms with Crippen molar-refractivity contribution in [2.24, 2.45) is 0 Å². The molecule has 1 aliphatic heterocycles. The standard InChI is InChI=1S/C17H17AsClFN2O3.ClH/c18-8-3-4-21(6-8)15-12(20)5-10-14(13(15)19)22(9-1-2-9)7-11(16(10)23)17(24)25;/h5,7-9H,1-4,6,18H2,(H,24,25);1H. The summed E-state index contributed by atoms with van der Waals surface area (Å²) in [5.74, 6) is -1.88. The average Bonchev–Trinajstić information content (AvgIpc) is 3.30. The Bertz CT molecular complexity index is 961. The molecule has 0 spiro atoms. The van der Waals surface area contributed by atoms with Crippen LogP contribution in [0.1, 0.15) is 35.7 Å². The van der Waals surface area contributed by atoms with Crippen molar-refractivity contribution in [3.05, 3.63) is 38.9 Å². The molecule has 9 heteroatoms. The van der Waals surface area contributed by atoms with Gasteiger partial charge in [-0.25, -0.2) is 0 Å². The van der Waals surface area contributed by atoms with E-state index in [1.54, 1.807) is 21.4 Å². The van der Waals surface area contributed by atoms with Crippen molar-refractivity contribution in [3.63, 3.8) is 0 Å². The van der Waals surface area contributed by atoms with Gasteiger partial charge in [0.2, 0.25) is 0 Å². The van der Waals surface area contributed by atoms with Crippen molar-refractivity contribution in [1.82, 2.24) is 4.57 Å². The first-order chi connectivity index (χ1) is 11.9. The van der Waals surface area contributed by atoms with Gasteiger partial charge in [-0.3, -0.25) is 0 Å². The third-order valence-corrected chi connectivity index (χ3v) is 6.40. The molecule has 2 heterocycles. The van der Waals surface area contributed by atoms with Crippen LogP contribution in [0.5, 0.6) is 0 Å². The van der Waals surface area contributed by atoms with Crippen molar-refractivity contribution >= 4 is 63.4 Å². The van der Waals surface area contributed by atoms with E-state index in [2.05, 4.69) is 0 Å². The molecule has 0 radical (unpaired) electrons. The van der Waals surface area contributed by atoms with E-state index in [4.69, 9.17) is 11.6 Å². The van der Waals surface area contributed by atoms with Crippen LogP contribution in [0.3, 0.4) is 0 Å². The summed E-state index contributed by atoms with van der Waals surface area (Å²) < 4.78 is 17.1. The summed E-state index contributed by atoms with van der Waals surface area (Å²) in [6.07, 6.45) is 4.13. The summed E-state index contributed by atoms with van der Waals surface area (Å²) in [5.41, 5.74) is -0.267. The van der Waals surface area contributed by atoms with Crippen LogP contribution >= 0.6 is 24.0 Å². The van der Waals surface area contributed by atoms with E-state index in [0.717, 1.165) is 38.4 Å². The molecule has 2 atom stereocenters. The fourth-order valence-corrected chi connectivity index (χ4v) is 4.76. The molecule has 2 unspecified atom stereocenters. The van der Waals surface area contributed by atoms with Gasteiger partial charge in [0.05, 0.1) is 0 Å². The zero-order valence-electron chi connectivity index (χ0n) is 13.7. The van der Waals surface area contributed by atoms with Crippen molar-refractivity contribution in [2.75, 3.05) is 18.0 Å². The maximum atomic E-state index is 14.8. The van der Waals surface area contributed by atoms with Crippen LogP contribution < -0.4 is 10.3 Å². The second-order valence-corrected chi connectivity index (χ2v) is 9.08. The van der Waals surface area contributed by atoms with E-state index in [1.165, 1.54) is 6.20 Å². The number of hydrogen-bond donors (Lipinski definition) is 1. The molecule has 2 aliphatic rings. The number of nitrogens with zero attached hydrogens (tertiary/aromatic N) is 2. The fourth-order valence-electron chi connectivity index (χ4n) is 3.50. The van der Waals surface area contributed by atoms with E-state index in [-0.39, 0.29) is 34.4 Å². The van der Waals surface area contributed by atoms with Crippen molar-refractivity contribution in [2.45, 2.75) is 30.0 Å². The predicted octanol–water partition coefficient (Wildman–Crippen LogP) is 2.88. The molecule has 1 aliphatic carbocycles. The summed E-state index contributed by atoms with van der Waals surface area (Å²) >= 11 is 8.20. The number of carbonyl (C=O) groups is 1. The maximum absolute atomic E-state index is 14.8. The number of hydrogen-bond acceptors (Lipinski definition) is 3. The minimum absolute atomic E-state index is 0. The number of carboxylic acids is 1. The van der Waals surface area contributed by atoms with Crippen molar-refractivity contribution < 1.29 is 14.3 Å². The molecule has 140 valence electrons. The average molecular weight is 463 g/mol. The van der Waals surface area contributed by atoms with Gasteiger partial charge in [0.25, 0.3) is 0 Å². The molecule has 1 N–H and O–H groups in total. The molecule has 1 saturated heterocycles. The zero-order valence-corrected chi connectivity index (χ0v) is 17.7. The van der Waals surface area contributed by atoms with Crippen molar-refractivity contribution in [1.29, 1.82) is 0 Å². The zero-order chi connectivity index (χ0) is 17.9. The first-order valence-corrected chi connectivity index (χ1v) is 9.96. The third-order valence-electron chi connectivity index (χ3n) is 4.90. The molecule has 26 heavy (non-hydrogen) atoms. The Balaban J connectivity index is 0.00000196. The number of benzene rings is 1. The molecule has 1 aromatic heterocycles. The topological polar surface area (TPSA) is 62.5 Å². The number of aromatic nitrogens is 1. The van der Waals surface area contributed by atoms with Crippen LogP contribution in [0.4, 0.5) is 10.1 Å². The van der Waals surface area contributed by atoms with Gasteiger partial charge in [0.1, 0.15) is 0 Å². The monoisotopic (exact) mass is 462 g/mol. The molecular formula is C17H18AsCl2FN2O3. The molecule has 5 nitrogen and oxygen atoms in total. The Morgan fingerprint density at radius 1 is 1.35 bits per heavy atom. The van der Waals surface area contributed by atoms with Gasteiger partial charge in [-0.2, -0.15) is 0 Å². The van der Waals surface area contributed by atoms with Gasteiger partial charge in [-0.15, -0.1) is 12.4 Å². The molecule has 1 saturated carbocycles. The van der Waals surface area contributed by atoms with Crippen LogP contribution in [0.25, 0.3) is 10.9 Å². The van der Waals surface area contributed by atoms with Gasteiger partial charge in [0, 0.05) is 0 Å². The van der Waals surface area contributed by atoms with Crippen LogP contribution in [-0.2, 0) is 0 Å². The number of pyridine rings is 1. The van der Waals surface area contributed by atoms with Crippen LogP contribution in [0, 0.1) is 5.82 Å². The van der Waals surface area contributed by atoms with E-state index < -0.39 is 17.2 Å². The Labute approximate surface area is 169 Å². The number of rotatable bonds is 3. The second kappa shape index (κ2) is 7.06. The SMILES string of the molecule is Cl.O=C(O)c1cn(C2CC2)c2c(Cl)c(N3CCC([AsH2])C3)c(F)cc2c1=O. The molecule has 0 amide bonds. The van der Waals surface area contributed by atoms with E-state index in [9.17, 15) is 19.1 Å². The molecule has 4 rings (SSSR count). The van der Waals surface area contributed by atoms with Gasteiger partial charge in [0.15, 0.2) is 0 Å². The summed E-state index contributed by atoms with van der Waals surface area (Å²) in [6.45, 7) is 1.47. The Morgan fingerprint density at radius 2 is 2.04 bits per heavy atom. The van der Waals surface area contributed by atoms with Gasteiger partial charge in [-0.05, 0) is 0 Å². The number of carboxylic acid groups (broad SMARTS) is 1. The van der Waals surface area contributed by atoms with E-state index >= 15 is 0 Å². The fraction of sp³-hybridized carbons (Fsp3) is 0.412. The van der Waals surface area contributed by atoms with Crippen molar-refractivity contribution in [3.8, 4) is 0 Å². The minimum atomic E-state index is -1.31. The summed E-state index contributed by atoms with van der Waals surface area (Å²) in [4.78, 5) is 25.8. The van der Waals surface area contributed by atoms with Gasteiger partial charge < -0.3 is 0 Å². The predicted molar refractivity (Wildman–Crippen MR) is 105 cm³/mol. The summed E-state index contributed by atoms with van der Waals surface area (Å²) in [5, 5.41) is 9.54. The normalized spacial score (nSPS) is 19.7. The molecule has 1 aromatic carbocycles. The number of halogens is 3. The van der Waals surface area contributed by atoms with Crippen LogP contribution in [0.15, 0.2) is 17.1 Å². The Morgan fingerprint density at radius 3 is 2.58 bits per heavy atom. The number of aromatic carboxylic acids is 1. The Hall–Kier alpha value is -1.23. The number of fused-ring (bicyclic) bond motifs is 1. The molecule has 0 bridgehead atoms. The quantitative estimate of drug-likeness (QED) is 0.712. The first-order valence-electron chi connectivity index (χ1n) is 8.19. The number of anilines is 1. The van der Waals surface area contributed by atoms with Crippen LogP contribution in [0.2, 0.25) is 9.73 Å². The van der Waals surface area contributed by atoms with E-state index in [0.29, 0.717) is 15.9 Å². The first kappa shape index (κ1) is 19.5. The Kier molecular flexibility index (Phi) is 5.30. The molecule has 2 aromatic rings. The second-order valence-electron chi connectivity index (χ2n) is 6.73. The van der Waals surface area contributed by atoms with Gasteiger partial charge in [-0.1, -0.05) is 0 Å². The van der Waals surface area contributed by atoms with Gasteiger partial charge >= 0.3 is 157 Å². The third kappa shape index (κ3) is 3.12. The van der Waals surface area contributed by atoms with Crippen LogP contribution in [-0.4, -0.2) is 45.6 Å². The molecular weight excluding hydrogens is 445 g/mol. The summed E-state index contributed by atoms with van der Waals surface area (Å²) in [6, 6.07) is 1.26.